The van der Waals surface area contributed by atoms with Gasteiger partial charge in [-0.3, -0.25) is 9.69 Å². The second-order valence-electron chi connectivity index (χ2n) is 7.53. The number of nitrogens with one attached hydrogen (secondary N) is 1. The molecule has 1 unspecified atom stereocenters. The summed E-state index contributed by atoms with van der Waals surface area (Å²) in [5.41, 5.74) is 4.42. The van der Waals surface area contributed by atoms with Gasteiger partial charge in [0, 0.05) is 23.5 Å². The molecule has 0 aliphatic carbocycles. The fourth-order valence-electron chi connectivity index (χ4n) is 4.01. The van der Waals surface area contributed by atoms with E-state index in [1.165, 1.54) is 24.0 Å². The molecule has 1 fully saturated rings. The lowest BCUT2D eigenvalue weighted by Crippen LogP contribution is -2.40. The van der Waals surface area contributed by atoms with Crippen LogP contribution >= 0.6 is 0 Å². The van der Waals surface area contributed by atoms with Crippen LogP contribution in [0.3, 0.4) is 0 Å². The van der Waals surface area contributed by atoms with Gasteiger partial charge in [-0.15, -0.1) is 0 Å². The van der Waals surface area contributed by atoms with Crippen LogP contribution in [0, 0.1) is 6.92 Å². The Kier molecular flexibility index (Phi) is 5.48. The Bertz CT molecular complexity index is 748. The summed E-state index contributed by atoms with van der Waals surface area (Å²) in [5, 5.41) is 4.19. The average molecular weight is 342 g/mol. The van der Waals surface area contributed by atoms with E-state index in [0.29, 0.717) is 18.4 Å². The zero-order valence-corrected chi connectivity index (χ0v) is 15.9. The number of carbonyl (C=O) groups is 1. The Balaban J connectivity index is 1.68. The number of likely N-dealkylation sites (N-methyl/N-ethyl adjacent to an activating group) is 1. The van der Waals surface area contributed by atoms with E-state index in [2.05, 4.69) is 50.0 Å². The molecular formula is C21H30N2O2. The number of nitrogens with zero attached hydrogens (tertiary/aromatic N) is 1. The molecule has 4 nitrogen and oxygen atoms in total. The molecule has 0 radical (unpaired) electrons. The summed E-state index contributed by atoms with van der Waals surface area (Å²) in [7, 11) is 0. The summed E-state index contributed by atoms with van der Waals surface area (Å²) in [4.78, 5) is 14.9. The summed E-state index contributed by atoms with van der Waals surface area (Å²) in [6.45, 7) is 11.7. The first-order valence-electron chi connectivity index (χ1n) is 9.51. The Morgan fingerprint density at radius 1 is 1.40 bits per heavy atom. The van der Waals surface area contributed by atoms with E-state index in [1.807, 2.05) is 0 Å². The van der Waals surface area contributed by atoms with Crippen LogP contribution in [-0.2, 0) is 11.2 Å². The predicted octanol–water partition coefficient (Wildman–Crippen LogP) is 4.01. The van der Waals surface area contributed by atoms with E-state index in [-0.39, 0.29) is 5.91 Å². The Hall–Kier alpha value is -1.81. The third-order valence-electron chi connectivity index (χ3n) is 5.46. The van der Waals surface area contributed by atoms with Gasteiger partial charge in [0.1, 0.15) is 5.58 Å². The van der Waals surface area contributed by atoms with Crippen LogP contribution in [0.25, 0.3) is 11.0 Å². The van der Waals surface area contributed by atoms with Gasteiger partial charge in [0.15, 0.2) is 0 Å². The molecule has 1 aliphatic rings. The number of likely N-dealkylation sites (tertiary alicyclic amines) is 1. The van der Waals surface area contributed by atoms with E-state index in [1.54, 1.807) is 6.26 Å². The smallest absolute Gasteiger partial charge is 0.224 e. The number of fused-ring (bicyclic) bond motifs is 1. The molecule has 1 aromatic carbocycles. The number of hydrogen-bond acceptors (Lipinski definition) is 3. The molecule has 1 amide bonds. The number of amides is 1. The minimum absolute atomic E-state index is 0.0809. The van der Waals surface area contributed by atoms with Crippen molar-refractivity contribution < 1.29 is 9.21 Å². The van der Waals surface area contributed by atoms with Crippen molar-refractivity contribution in [2.75, 3.05) is 19.6 Å². The molecule has 2 aromatic rings. The predicted molar refractivity (Wildman–Crippen MR) is 102 cm³/mol. The number of furan rings is 1. The Morgan fingerprint density at radius 2 is 2.20 bits per heavy atom. The Morgan fingerprint density at radius 3 is 2.92 bits per heavy atom. The van der Waals surface area contributed by atoms with Crippen LogP contribution in [0.4, 0.5) is 0 Å². The van der Waals surface area contributed by atoms with Crippen molar-refractivity contribution in [3.05, 3.63) is 35.1 Å². The molecular weight excluding hydrogens is 312 g/mol. The molecule has 0 bridgehead atoms. The fraction of sp³-hybridized carbons (Fsp3) is 0.571. The number of carbonyl (C=O) groups excluding carboxylic acids is 1. The lowest BCUT2D eigenvalue weighted by molar-refractivity contribution is -0.120. The van der Waals surface area contributed by atoms with Crippen molar-refractivity contribution in [2.45, 2.75) is 58.9 Å². The molecule has 1 aromatic heterocycles. The molecule has 1 atom stereocenters. The molecule has 0 saturated carbocycles. The normalized spacial score (nSPS) is 18.4. The molecule has 4 heteroatoms. The van der Waals surface area contributed by atoms with E-state index in [0.717, 1.165) is 36.2 Å². The third-order valence-corrected chi connectivity index (χ3v) is 5.46. The lowest BCUT2D eigenvalue weighted by Gasteiger charge is -2.22. The zero-order chi connectivity index (χ0) is 18.0. The van der Waals surface area contributed by atoms with Gasteiger partial charge < -0.3 is 9.73 Å². The van der Waals surface area contributed by atoms with Crippen molar-refractivity contribution >= 4 is 16.9 Å². The van der Waals surface area contributed by atoms with E-state index in [4.69, 9.17) is 4.42 Å². The molecule has 2 heterocycles. The van der Waals surface area contributed by atoms with Gasteiger partial charge in [0.05, 0.1) is 12.7 Å². The highest BCUT2D eigenvalue weighted by molar-refractivity contribution is 5.88. The van der Waals surface area contributed by atoms with Crippen molar-refractivity contribution in [1.29, 1.82) is 0 Å². The van der Waals surface area contributed by atoms with Gasteiger partial charge >= 0.3 is 0 Å². The van der Waals surface area contributed by atoms with Crippen molar-refractivity contribution in [2.24, 2.45) is 0 Å². The van der Waals surface area contributed by atoms with Gasteiger partial charge in [-0.05, 0) is 62.0 Å². The van der Waals surface area contributed by atoms with Gasteiger partial charge in [0.2, 0.25) is 5.91 Å². The molecule has 1 N–H and O–H groups in total. The van der Waals surface area contributed by atoms with Crippen molar-refractivity contribution in [1.82, 2.24) is 10.2 Å². The first kappa shape index (κ1) is 18.0. The Labute approximate surface area is 150 Å². The van der Waals surface area contributed by atoms with Gasteiger partial charge in [-0.25, -0.2) is 0 Å². The molecule has 25 heavy (non-hydrogen) atoms. The molecule has 3 rings (SSSR count). The SMILES string of the molecule is CCN1CCCC1CNC(=O)Cc1coc2cc(C)c(C(C)C)cc12. The highest BCUT2D eigenvalue weighted by atomic mass is 16.3. The minimum Gasteiger partial charge on any atom is -0.464 e. The van der Waals surface area contributed by atoms with E-state index >= 15 is 0 Å². The first-order chi connectivity index (χ1) is 12.0. The summed E-state index contributed by atoms with van der Waals surface area (Å²) in [6.07, 6.45) is 4.53. The second-order valence-corrected chi connectivity index (χ2v) is 7.53. The summed E-state index contributed by atoms with van der Waals surface area (Å²) in [5.74, 6) is 0.542. The zero-order valence-electron chi connectivity index (χ0n) is 15.9. The summed E-state index contributed by atoms with van der Waals surface area (Å²) >= 11 is 0. The van der Waals surface area contributed by atoms with Crippen LogP contribution in [0.2, 0.25) is 0 Å². The van der Waals surface area contributed by atoms with Crippen LogP contribution in [0.1, 0.15) is 56.2 Å². The van der Waals surface area contributed by atoms with Crippen LogP contribution < -0.4 is 5.32 Å². The third kappa shape index (κ3) is 3.90. The molecule has 1 aliphatic heterocycles. The van der Waals surface area contributed by atoms with E-state index < -0.39 is 0 Å². The van der Waals surface area contributed by atoms with Gasteiger partial charge in [0.25, 0.3) is 0 Å². The maximum absolute atomic E-state index is 12.4. The fourth-order valence-corrected chi connectivity index (χ4v) is 4.01. The van der Waals surface area contributed by atoms with Gasteiger partial charge in [-0.1, -0.05) is 20.8 Å². The summed E-state index contributed by atoms with van der Waals surface area (Å²) < 4.78 is 5.69. The number of hydrogen-bond donors (Lipinski definition) is 1. The largest absolute Gasteiger partial charge is 0.464 e. The standard InChI is InChI=1S/C21H30N2O2/c1-5-23-8-6-7-17(23)12-22-21(24)10-16-13-25-20-9-15(4)18(14(2)3)11-19(16)20/h9,11,13-14,17H,5-8,10,12H2,1-4H3,(H,22,24). The number of rotatable bonds is 6. The topological polar surface area (TPSA) is 45.5 Å². The average Bonchev–Trinajstić information content (AvgIpc) is 3.18. The minimum atomic E-state index is 0.0809. The number of benzene rings is 1. The summed E-state index contributed by atoms with van der Waals surface area (Å²) in [6, 6.07) is 4.77. The van der Waals surface area contributed by atoms with Crippen LogP contribution in [0.5, 0.6) is 0 Å². The van der Waals surface area contributed by atoms with Gasteiger partial charge in [-0.2, -0.15) is 0 Å². The lowest BCUT2D eigenvalue weighted by atomic mass is 9.95. The highest BCUT2D eigenvalue weighted by Gasteiger charge is 2.23. The van der Waals surface area contributed by atoms with Crippen LogP contribution in [0.15, 0.2) is 22.8 Å². The molecule has 1 saturated heterocycles. The maximum Gasteiger partial charge on any atom is 0.224 e. The second kappa shape index (κ2) is 7.61. The van der Waals surface area contributed by atoms with Crippen molar-refractivity contribution in [3.63, 3.8) is 0 Å². The van der Waals surface area contributed by atoms with Crippen molar-refractivity contribution in [3.8, 4) is 0 Å². The first-order valence-corrected chi connectivity index (χ1v) is 9.51. The maximum atomic E-state index is 12.4. The van der Waals surface area contributed by atoms with Crippen LogP contribution in [-0.4, -0.2) is 36.5 Å². The number of aryl methyl sites for hydroxylation is 1. The highest BCUT2D eigenvalue weighted by Crippen LogP contribution is 2.29. The quantitative estimate of drug-likeness (QED) is 0.863. The molecule has 0 spiro atoms. The van der Waals surface area contributed by atoms with E-state index in [9.17, 15) is 4.79 Å². The monoisotopic (exact) mass is 342 g/mol. The molecule has 136 valence electrons.